The molecule has 0 saturated heterocycles. The second kappa shape index (κ2) is 8.51. The summed E-state index contributed by atoms with van der Waals surface area (Å²) in [4.78, 5) is 23.8. The van der Waals surface area contributed by atoms with E-state index in [0.29, 0.717) is 12.8 Å². The van der Waals surface area contributed by atoms with E-state index in [-0.39, 0.29) is 6.42 Å². The molecule has 0 unspecified atom stereocenters. The summed E-state index contributed by atoms with van der Waals surface area (Å²) < 4.78 is 39.1. The number of nitrogens with one attached hydrogen (secondary N) is 1. The van der Waals surface area contributed by atoms with Crippen LogP contribution in [0.25, 0.3) is 0 Å². The molecule has 2 aromatic rings. The van der Waals surface area contributed by atoms with Crippen molar-refractivity contribution < 1.29 is 22.8 Å². The standard InChI is InChI=1S/C19H19F3N2O2/c20-19(21,22)15-11-5-4-10-14(15)18(26)24-16(17(23)25)12-6-9-13-7-2-1-3-8-13/h1-5,7-8,10-11,16H,6,9,12H2,(H2,23,25)(H,24,26)/t16-/m1/s1. The van der Waals surface area contributed by atoms with E-state index in [0.717, 1.165) is 17.7 Å². The number of carbonyl (C=O) groups excluding carboxylic acids is 2. The third kappa shape index (κ3) is 5.34. The van der Waals surface area contributed by atoms with E-state index in [1.54, 1.807) is 0 Å². The van der Waals surface area contributed by atoms with Crippen LogP contribution in [-0.4, -0.2) is 17.9 Å². The zero-order valence-corrected chi connectivity index (χ0v) is 13.9. The van der Waals surface area contributed by atoms with Crippen molar-refractivity contribution in [1.82, 2.24) is 5.32 Å². The van der Waals surface area contributed by atoms with E-state index < -0.39 is 35.2 Å². The first-order valence-corrected chi connectivity index (χ1v) is 8.09. The molecule has 0 spiro atoms. The Balaban J connectivity index is 2.03. The van der Waals surface area contributed by atoms with E-state index in [2.05, 4.69) is 5.32 Å². The molecule has 0 aromatic heterocycles. The van der Waals surface area contributed by atoms with E-state index in [4.69, 9.17) is 5.73 Å². The lowest BCUT2D eigenvalue weighted by Gasteiger charge is -2.17. The Morgan fingerprint density at radius 1 is 1.00 bits per heavy atom. The van der Waals surface area contributed by atoms with Gasteiger partial charge < -0.3 is 11.1 Å². The highest BCUT2D eigenvalue weighted by molar-refractivity contribution is 5.98. The number of halogens is 3. The topological polar surface area (TPSA) is 72.2 Å². The van der Waals surface area contributed by atoms with E-state index in [9.17, 15) is 22.8 Å². The van der Waals surface area contributed by atoms with E-state index in [1.165, 1.54) is 12.1 Å². The average Bonchev–Trinajstić information content (AvgIpc) is 2.60. The second-order valence-corrected chi connectivity index (χ2v) is 5.85. The zero-order valence-electron chi connectivity index (χ0n) is 13.9. The van der Waals surface area contributed by atoms with Crippen LogP contribution in [0.4, 0.5) is 13.2 Å². The van der Waals surface area contributed by atoms with Crippen molar-refractivity contribution in [3.05, 3.63) is 71.3 Å². The molecular weight excluding hydrogens is 345 g/mol. The van der Waals surface area contributed by atoms with Crippen molar-refractivity contribution in [3.8, 4) is 0 Å². The largest absolute Gasteiger partial charge is 0.417 e. The summed E-state index contributed by atoms with van der Waals surface area (Å²) in [5.74, 6) is -1.75. The lowest BCUT2D eigenvalue weighted by Crippen LogP contribution is -2.44. The number of amides is 2. The van der Waals surface area contributed by atoms with Gasteiger partial charge >= 0.3 is 6.18 Å². The van der Waals surface area contributed by atoms with Crippen molar-refractivity contribution in [2.45, 2.75) is 31.5 Å². The number of benzene rings is 2. The Bertz CT molecular complexity index is 761. The van der Waals surface area contributed by atoms with Gasteiger partial charge in [-0.15, -0.1) is 0 Å². The summed E-state index contributed by atoms with van der Waals surface area (Å²) in [5.41, 5.74) is 4.77. The number of alkyl halides is 3. The summed E-state index contributed by atoms with van der Waals surface area (Å²) in [5, 5.41) is 2.32. The number of hydrogen-bond acceptors (Lipinski definition) is 2. The molecule has 0 aliphatic carbocycles. The predicted molar refractivity (Wildman–Crippen MR) is 91.3 cm³/mol. The molecule has 138 valence electrons. The molecule has 2 amide bonds. The highest BCUT2D eigenvalue weighted by Gasteiger charge is 2.35. The first kappa shape index (κ1) is 19.5. The van der Waals surface area contributed by atoms with Crippen LogP contribution in [0.1, 0.15) is 34.3 Å². The van der Waals surface area contributed by atoms with Crippen LogP contribution < -0.4 is 11.1 Å². The highest BCUT2D eigenvalue weighted by Crippen LogP contribution is 2.31. The van der Waals surface area contributed by atoms with Crippen LogP contribution in [0, 0.1) is 0 Å². The number of aryl methyl sites for hydroxylation is 1. The number of hydrogen-bond donors (Lipinski definition) is 2. The molecule has 2 rings (SSSR count). The Labute approximate surface area is 149 Å². The minimum Gasteiger partial charge on any atom is -0.368 e. The minimum atomic E-state index is -4.66. The van der Waals surface area contributed by atoms with Gasteiger partial charge in [-0.3, -0.25) is 9.59 Å². The Morgan fingerprint density at radius 3 is 2.23 bits per heavy atom. The molecule has 2 aromatic carbocycles. The maximum absolute atomic E-state index is 13.0. The molecular formula is C19H19F3N2O2. The van der Waals surface area contributed by atoms with Crippen molar-refractivity contribution in [1.29, 1.82) is 0 Å². The molecule has 0 heterocycles. The number of carbonyl (C=O) groups is 2. The van der Waals surface area contributed by atoms with Crippen molar-refractivity contribution in [2.75, 3.05) is 0 Å². The van der Waals surface area contributed by atoms with Gasteiger partial charge in [-0.25, -0.2) is 0 Å². The van der Waals surface area contributed by atoms with E-state index in [1.807, 2.05) is 30.3 Å². The summed E-state index contributed by atoms with van der Waals surface area (Å²) in [6, 6.07) is 12.9. The fourth-order valence-corrected chi connectivity index (χ4v) is 2.60. The molecule has 3 N–H and O–H groups in total. The first-order chi connectivity index (χ1) is 12.3. The Morgan fingerprint density at radius 2 is 1.62 bits per heavy atom. The summed E-state index contributed by atoms with van der Waals surface area (Å²) in [6.07, 6.45) is -3.20. The van der Waals surface area contributed by atoms with Crippen LogP contribution in [0.3, 0.4) is 0 Å². The van der Waals surface area contributed by atoms with Crippen molar-refractivity contribution >= 4 is 11.8 Å². The summed E-state index contributed by atoms with van der Waals surface area (Å²) in [6.45, 7) is 0. The van der Waals surface area contributed by atoms with Gasteiger partial charge in [0.15, 0.2) is 0 Å². The molecule has 7 heteroatoms. The van der Waals surface area contributed by atoms with Gasteiger partial charge in [-0.05, 0) is 37.0 Å². The molecule has 0 fully saturated rings. The molecule has 4 nitrogen and oxygen atoms in total. The SMILES string of the molecule is NC(=O)[C@@H](CCCc1ccccc1)NC(=O)c1ccccc1C(F)(F)F. The minimum absolute atomic E-state index is 0.240. The molecule has 0 saturated carbocycles. The third-order valence-electron chi connectivity index (χ3n) is 3.93. The van der Waals surface area contributed by atoms with Gasteiger partial charge in [0.1, 0.15) is 6.04 Å². The van der Waals surface area contributed by atoms with Gasteiger partial charge in [0.2, 0.25) is 5.91 Å². The fourth-order valence-electron chi connectivity index (χ4n) is 2.60. The normalized spacial score (nSPS) is 12.4. The van der Waals surface area contributed by atoms with Gasteiger partial charge in [-0.2, -0.15) is 13.2 Å². The van der Waals surface area contributed by atoms with Gasteiger partial charge in [-0.1, -0.05) is 42.5 Å². The number of primary amides is 1. The summed E-state index contributed by atoms with van der Waals surface area (Å²) >= 11 is 0. The predicted octanol–water partition coefficient (Wildman–Crippen LogP) is 3.31. The molecule has 1 atom stereocenters. The molecule has 0 bridgehead atoms. The van der Waals surface area contributed by atoms with Crippen molar-refractivity contribution in [3.63, 3.8) is 0 Å². The molecule has 26 heavy (non-hydrogen) atoms. The molecule has 0 aliphatic heterocycles. The van der Waals surface area contributed by atoms with Gasteiger partial charge in [0, 0.05) is 0 Å². The second-order valence-electron chi connectivity index (χ2n) is 5.85. The maximum Gasteiger partial charge on any atom is 0.417 e. The fraction of sp³-hybridized carbons (Fsp3) is 0.263. The monoisotopic (exact) mass is 364 g/mol. The van der Waals surface area contributed by atoms with Crippen molar-refractivity contribution in [2.24, 2.45) is 5.73 Å². The Kier molecular flexibility index (Phi) is 6.38. The van der Waals surface area contributed by atoms with Crippen LogP contribution >= 0.6 is 0 Å². The zero-order chi connectivity index (χ0) is 19.2. The third-order valence-corrected chi connectivity index (χ3v) is 3.93. The maximum atomic E-state index is 13.0. The number of rotatable bonds is 7. The van der Waals surface area contributed by atoms with Crippen LogP contribution in [0.5, 0.6) is 0 Å². The summed E-state index contributed by atoms with van der Waals surface area (Å²) in [7, 11) is 0. The van der Waals surface area contributed by atoms with Gasteiger partial charge in [0.25, 0.3) is 5.91 Å². The van der Waals surface area contributed by atoms with Crippen LogP contribution in [0.15, 0.2) is 54.6 Å². The number of nitrogens with two attached hydrogens (primary N) is 1. The molecule has 0 aliphatic rings. The van der Waals surface area contributed by atoms with Crippen LogP contribution in [-0.2, 0) is 17.4 Å². The van der Waals surface area contributed by atoms with Gasteiger partial charge in [0.05, 0.1) is 11.1 Å². The smallest absolute Gasteiger partial charge is 0.368 e. The first-order valence-electron chi connectivity index (χ1n) is 8.09. The Hall–Kier alpha value is -2.83. The molecule has 0 radical (unpaired) electrons. The van der Waals surface area contributed by atoms with E-state index >= 15 is 0 Å². The lowest BCUT2D eigenvalue weighted by molar-refractivity contribution is -0.137. The average molecular weight is 364 g/mol. The quantitative estimate of drug-likeness (QED) is 0.791. The van der Waals surface area contributed by atoms with Crippen LogP contribution in [0.2, 0.25) is 0 Å². The lowest BCUT2D eigenvalue weighted by atomic mass is 10.0. The highest BCUT2D eigenvalue weighted by atomic mass is 19.4.